The molecular weight excluding hydrogens is 444 g/mol. The molecule has 1 aromatic carbocycles. The van der Waals surface area contributed by atoms with Crippen molar-refractivity contribution >= 4 is 32.4 Å². The molecule has 4 rings (SSSR count). The maximum absolute atomic E-state index is 13.0. The molecule has 1 aliphatic rings. The predicted molar refractivity (Wildman–Crippen MR) is 126 cm³/mol. The van der Waals surface area contributed by atoms with Gasteiger partial charge in [0, 0.05) is 24.9 Å². The number of aromatic nitrogens is 2. The zero-order valence-electron chi connectivity index (χ0n) is 18.1. The standard InChI is InChI=1S/C23H26N4O3S2/c1-15-9-10-19(12-20(15)32(29,30)25-14-17-6-5-11-24-13-17)21-16(2)26-23(31-21)27-22(28)18-7-3-4-8-18/h5-6,9-13,18,25H,3-4,7-8,14H2,1-2H3,(H,26,27,28). The van der Waals surface area contributed by atoms with E-state index in [1.54, 1.807) is 37.5 Å². The van der Waals surface area contributed by atoms with Crippen molar-refractivity contribution in [3.05, 3.63) is 59.5 Å². The van der Waals surface area contributed by atoms with Crippen molar-refractivity contribution in [3.63, 3.8) is 0 Å². The van der Waals surface area contributed by atoms with Crippen molar-refractivity contribution in [1.29, 1.82) is 0 Å². The zero-order chi connectivity index (χ0) is 22.7. The second-order valence-electron chi connectivity index (χ2n) is 8.07. The van der Waals surface area contributed by atoms with Gasteiger partial charge in [0.2, 0.25) is 15.9 Å². The van der Waals surface area contributed by atoms with Gasteiger partial charge in [-0.2, -0.15) is 0 Å². The second-order valence-corrected chi connectivity index (χ2v) is 10.8. The lowest BCUT2D eigenvalue weighted by Gasteiger charge is -2.11. The fraction of sp³-hybridized carbons (Fsp3) is 0.348. The third kappa shape index (κ3) is 5.06. The summed E-state index contributed by atoms with van der Waals surface area (Å²) >= 11 is 1.37. The van der Waals surface area contributed by atoms with E-state index >= 15 is 0 Å². The number of benzene rings is 1. The first-order valence-corrected chi connectivity index (χ1v) is 12.9. The molecule has 2 N–H and O–H groups in total. The predicted octanol–water partition coefficient (Wildman–Crippen LogP) is 4.43. The monoisotopic (exact) mass is 470 g/mol. The molecule has 32 heavy (non-hydrogen) atoms. The number of sulfonamides is 1. The van der Waals surface area contributed by atoms with E-state index in [0.717, 1.165) is 47.4 Å². The van der Waals surface area contributed by atoms with Gasteiger partial charge in [-0.05, 0) is 55.5 Å². The van der Waals surface area contributed by atoms with Crippen molar-refractivity contribution in [2.24, 2.45) is 5.92 Å². The minimum absolute atomic E-state index is 0.0228. The average molecular weight is 471 g/mol. The van der Waals surface area contributed by atoms with Crippen LogP contribution in [0.1, 0.15) is 42.5 Å². The molecule has 0 aliphatic heterocycles. The van der Waals surface area contributed by atoms with Crippen LogP contribution in [-0.2, 0) is 21.4 Å². The van der Waals surface area contributed by atoms with Gasteiger partial charge < -0.3 is 5.32 Å². The molecule has 9 heteroatoms. The Labute approximate surface area is 192 Å². The minimum atomic E-state index is -3.72. The van der Waals surface area contributed by atoms with E-state index in [-0.39, 0.29) is 23.3 Å². The highest BCUT2D eigenvalue weighted by Gasteiger charge is 2.24. The third-order valence-corrected chi connectivity index (χ3v) is 8.35. The summed E-state index contributed by atoms with van der Waals surface area (Å²) in [6.45, 7) is 3.80. The van der Waals surface area contributed by atoms with Crippen LogP contribution in [0.2, 0.25) is 0 Å². The van der Waals surface area contributed by atoms with Gasteiger partial charge >= 0.3 is 0 Å². The van der Waals surface area contributed by atoms with E-state index < -0.39 is 10.0 Å². The van der Waals surface area contributed by atoms with Crippen molar-refractivity contribution in [1.82, 2.24) is 14.7 Å². The van der Waals surface area contributed by atoms with Crippen molar-refractivity contribution in [2.45, 2.75) is 51.0 Å². The van der Waals surface area contributed by atoms with Crippen molar-refractivity contribution in [3.8, 4) is 10.4 Å². The third-order valence-electron chi connectivity index (χ3n) is 5.68. The molecule has 0 bridgehead atoms. The van der Waals surface area contributed by atoms with Gasteiger partial charge in [-0.1, -0.05) is 42.4 Å². The molecule has 1 fully saturated rings. The fourth-order valence-corrected chi connectivity index (χ4v) is 6.15. The van der Waals surface area contributed by atoms with E-state index in [2.05, 4.69) is 20.0 Å². The first-order valence-electron chi connectivity index (χ1n) is 10.6. The maximum atomic E-state index is 13.0. The lowest BCUT2D eigenvalue weighted by atomic mass is 10.1. The Morgan fingerprint density at radius 3 is 2.69 bits per heavy atom. The first kappa shape index (κ1) is 22.6. The molecule has 1 amide bonds. The quantitative estimate of drug-likeness (QED) is 0.532. The zero-order valence-corrected chi connectivity index (χ0v) is 19.7. The SMILES string of the molecule is Cc1ccc(-c2sc(NC(=O)C3CCCC3)nc2C)cc1S(=O)(=O)NCc1cccnc1. The summed E-state index contributed by atoms with van der Waals surface area (Å²) in [7, 11) is -3.72. The molecule has 0 atom stereocenters. The molecule has 0 saturated heterocycles. The Bertz CT molecular complexity index is 1220. The summed E-state index contributed by atoms with van der Waals surface area (Å²) in [6, 6.07) is 8.94. The van der Waals surface area contributed by atoms with E-state index in [1.807, 2.05) is 19.1 Å². The smallest absolute Gasteiger partial charge is 0.241 e. The number of carbonyl (C=O) groups is 1. The largest absolute Gasteiger partial charge is 0.302 e. The van der Waals surface area contributed by atoms with E-state index in [9.17, 15) is 13.2 Å². The van der Waals surface area contributed by atoms with Crippen LogP contribution < -0.4 is 10.0 Å². The molecule has 3 aromatic rings. The molecule has 0 spiro atoms. The highest BCUT2D eigenvalue weighted by Crippen LogP contribution is 2.35. The van der Waals surface area contributed by atoms with Gasteiger partial charge in [0.15, 0.2) is 5.13 Å². The van der Waals surface area contributed by atoms with Crippen LogP contribution in [0.4, 0.5) is 5.13 Å². The van der Waals surface area contributed by atoms with Gasteiger partial charge in [-0.15, -0.1) is 0 Å². The van der Waals surface area contributed by atoms with Crippen molar-refractivity contribution < 1.29 is 13.2 Å². The van der Waals surface area contributed by atoms with Gasteiger partial charge in [0.1, 0.15) is 0 Å². The summed E-state index contributed by atoms with van der Waals surface area (Å²) < 4.78 is 28.6. The number of nitrogens with zero attached hydrogens (tertiary/aromatic N) is 2. The van der Waals surface area contributed by atoms with Crippen molar-refractivity contribution in [2.75, 3.05) is 5.32 Å². The van der Waals surface area contributed by atoms with Gasteiger partial charge in [0.25, 0.3) is 0 Å². The number of nitrogens with one attached hydrogen (secondary N) is 2. The number of carbonyl (C=O) groups excluding carboxylic acids is 1. The van der Waals surface area contributed by atoms with Gasteiger partial charge in [0.05, 0.1) is 15.5 Å². The van der Waals surface area contributed by atoms with Crippen LogP contribution in [0, 0.1) is 19.8 Å². The van der Waals surface area contributed by atoms with Gasteiger partial charge in [-0.25, -0.2) is 18.1 Å². The first-order chi connectivity index (χ1) is 15.3. The Morgan fingerprint density at radius 1 is 1.19 bits per heavy atom. The number of hydrogen-bond acceptors (Lipinski definition) is 6. The molecule has 2 heterocycles. The fourth-order valence-electron chi connectivity index (χ4n) is 3.90. The Balaban J connectivity index is 1.55. The molecule has 0 radical (unpaired) electrons. The topological polar surface area (TPSA) is 101 Å². The number of thiazole rings is 1. The van der Waals surface area contributed by atoms with Crippen LogP contribution >= 0.6 is 11.3 Å². The number of anilines is 1. The summed E-state index contributed by atoms with van der Waals surface area (Å²) in [4.78, 5) is 22.0. The molecular formula is C23H26N4O3S2. The molecule has 1 saturated carbocycles. The van der Waals surface area contributed by atoms with Crippen LogP contribution in [0.3, 0.4) is 0 Å². The molecule has 1 aliphatic carbocycles. The molecule has 0 unspecified atom stereocenters. The summed E-state index contributed by atoms with van der Waals surface area (Å²) in [5.41, 5.74) is 2.95. The molecule has 2 aromatic heterocycles. The van der Waals surface area contributed by atoms with Crippen LogP contribution in [0.25, 0.3) is 10.4 Å². The maximum Gasteiger partial charge on any atom is 0.241 e. The highest BCUT2D eigenvalue weighted by atomic mass is 32.2. The summed E-state index contributed by atoms with van der Waals surface area (Å²) in [5.74, 6) is 0.0826. The average Bonchev–Trinajstić information content (AvgIpc) is 3.43. The number of rotatable bonds is 7. The van der Waals surface area contributed by atoms with E-state index in [0.29, 0.717) is 10.7 Å². The Kier molecular flexibility index (Phi) is 6.68. The van der Waals surface area contributed by atoms with Crippen LogP contribution in [0.5, 0.6) is 0 Å². The highest BCUT2D eigenvalue weighted by molar-refractivity contribution is 7.89. The number of pyridine rings is 1. The number of amides is 1. The van der Waals surface area contributed by atoms with E-state index in [4.69, 9.17) is 0 Å². The molecule has 7 nitrogen and oxygen atoms in total. The normalized spacial score (nSPS) is 14.6. The minimum Gasteiger partial charge on any atom is -0.302 e. The Hall–Kier alpha value is -2.62. The van der Waals surface area contributed by atoms with Gasteiger partial charge in [-0.3, -0.25) is 9.78 Å². The number of aryl methyl sites for hydroxylation is 2. The van der Waals surface area contributed by atoms with Crippen LogP contribution in [0.15, 0.2) is 47.6 Å². The Morgan fingerprint density at radius 2 is 1.97 bits per heavy atom. The summed E-state index contributed by atoms with van der Waals surface area (Å²) in [6.07, 6.45) is 7.31. The lowest BCUT2D eigenvalue weighted by molar-refractivity contribution is -0.119. The second kappa shape index (κ2) is 9.48. The molecule has 168 valence electrons. The summed E-state index contributed by atoms with van der Waals surface area (Å²) in [5, 5.41) is 3.49. The lowest BCUT2D eigenvalue weighted by Crippen LogP contribution is -2.24. The van der Waals surface area contributed by atoms with E-state index in [1.165, 1.54) is 11.3 Å². The van der Waals surface area contributed by atoms with Crippen LogP contribution in [-0.4, -0.2) is 24.3 Å². The number of hydrogen-bond donors (Lipinski definition) is 2.